The van der Waals surface area contributed by atoms with Crippen LogP contribution >= 0.6 is 0 Å². The van der Waals surface area contributed by atoms with Crippen LogP contribution in [-0.4, -0.2) is 60.8 Å². The van der Waals surface area contributed by atoms with E-state index in [1.54, 1.807) is 14.2 Å². The van der Waals surface area contributed by atoms with E-state index >= 15 is 0 Å². The van der Waals surface area contributed by atoms with Crippen LogP contribution in [-0.2, 0) is 35.4 Å². The smallest absolute Gasteiger partial charge is 0.246 e. The van der Waals surface area contributed by atoms with Gasteiger partial charge in [0.1, 0.15) is 0 Å². The zero-order valence-electron chi connectivity index (χ0n) is 18.0. The molecule has 1 aliphatic heterocycles. The Hall–Kier alpha value is -2.98. The van der Waals surface area contributed by atoms with Gasteiger partial charge in [-0.2, -0.15) is 9.97 Å². The fourth-order valence-corrected chi connectivity index (χ4v) is 3.65. The Kier molecular flexibility index (Phi) is 7.11. The molecule has 1 aromatic carbocycles. The highest BCUT2D eigenvalue weighted by Gasteiger charge is 2.23. The number of ether oxygens (including phenoxy) is 2. The highest BCUT2D eigenvalue weighted by molar-refractivity contribution is 5.72. The molecular formula is C21H28N6O4. The molecule has 0 bridgehead atoms. The minimum absolute atomic E-state index is 0.562. The van der Waals surface area contributed by atoms with Gasteiger partial charge in [0.25, 0.3) is 0 Å². The topological polar surface area (TPSA) is 103 Å². The molecule has 0 saturated heterocycles. The highest BCUT2D eigenvalue weighted by Crippen LogP contribution is 2.33. The van der Waals surface area contributed by atoms with Crippen LogP contribution < -0.4 is 9.80 Å². The molecule has 0 aliphatic carbocycles. The molecule has 3 heterocycles. The van der Waals surface area contributed by atoms with Crippen LogP contribution in [0.5, 0.6) is 0 Å². The molecule has 10 heteroatoms. The number of anilines is 2. The number of benzene rings is 1. The average Bonchev–Trinajstić information content (AvgIpc) is 3.40. The maximum absolute atomic E-state index is 5.46. The molecular weight excluding hydrogens is 400 g/mol. The SMILES string of the molecule is COCCc1noc(CN2CCCN(Cc3nc(CCOC)no3)c3ccccc32)n1. The first-order chi connectivity index (χ1) is 15.3. The van der Waals surface area contributed by atoms with Gasteiger partial charge in [0.15, 0.2) is 11.6 Å². The number of fused-ring (bicyclic) bond motifs is 1. The van der Waals surface area contributed by atoms with E-state index in [1.165, 1.54) is 0 Å². The van der Waals surface area contributed by atoms with Gasteiger partial charge in [-0.3, -0.25) is 0 Å². The second-order valence-electron chi connectivity index (χ2n) is 7.38. The van der Waals surface area contributed by atoms with Gasteiger partial charge in [0.05, 0.1) is 37.7 Å². The molecule has 3 aromatic rings. The van der Waals surface area contributed by atoms with Crippen molar-refractivity contribution in [2.24, 2.45) is 0 Å². The third-order valence-corrected chi connectivity index (χ3v) is 5.15. The molecule has 0 amide bonds. The normalized spacial score (nSPS) is 14.0. The number of aromatic nitrogens is 4. The van der Waals surface area contributed by atoms with E-state index in [0.29, 0.717) is 62.6 Å². The fourth-order valence-electron chi connectivity index (χ4n) is 3.65. The van der Waals surface area contributed by atoms with Crippen LogP contribution in [0.2, 0.25) is 0 Å². The molecule has 0 unspecified atom stereocenters. The Balaban J connectivity index is 1.48. The van der Waals surface area contributed by atoms with Crippen molar-refractivity contribution < 1.29 is 18.5 Å². The van der Waals surface area contributed by atoms with Gasteiger partial charge in [-0.15, -0.1) is 0 Å². The molecule has 4 rings (SSSR count). The lowest BCUT2D eigenvalue weighted by Gasteiger charge is -2.26. The maximum Gasteiger partial charge on any atom is 0.246 e. The van der Waals surface area contributed by atoms with E-state index in [9.17, 15) is 0 Å². The highest BCUT2D eigenvalue weighted by atomic mass is 16.5. The molecule has 1 aliphatic rings. The Morgan fingerprint density at radius 2 is 1.29 bits per heavy atom. The molecule has 2 aromatic heterocycles. The van der Waals surface area contributed by atoms with E-state index in [4.69, 9.17) is 18.5 Å². The Bertz CT molecular complexity index is 884. The summed E-state index contributed by atoms with van der Waals surface area (Å²) in [6, 6.07) is 8.33. The van der Waals surface area contributed by atoms with Gasteiger partial charge >= 0.3 is 0 Å². The third-order valence-electron chi connectivity index (χ3n) is 5.15. The Morgan fingerprint density at radius 1 is 0.806 bits per heavy atom. The number of hydrogen-bond donors (Lipinski definition) is 0. The van der Waals surface area contributed by atoms with E-state index in [2.05, 4.69) is 42.2 Å². The number of hydrogen-bond acceptors (Lipinski definition) is 10. The van der Waals surface area contributed by atoms with Crippen LogP contribution in [0.25, 0.3) is 0 Å². The van der Waals surface area contributed by atoms with Crippen molar-refractivity contribution in [1.29, 1.82) is 0 Å². The van der Waals surface area contributed by atoms with Crippen molar-refractivity contribution in [2.45, 2.75) is 32.4 Å². The first-order valence-corrected chi connectivity index (χ1v) is 10.5. The predicted octanol–water partition coefficient (Wildman–Crippen LogP) is 2.25. The summed E-state index contributed by atoms with van der Waals surface area (Å²) in [6.07, 6.45) is 2.26. The lowest BCUT2D eigenvalue weighted by Crippen LogP contribution is -2.23. The molecule has 0 spiro atoms. The fraction of sp³-hybridized carbons (Fsp3) is 0.524. The molecule has 0 fully saturated rings. The summed E-state index contributed by atoms with van der Waals surface area (Å²) in [5.41, 5.74) is 2.24. The van der Waals surface area contributed by atoms with Crippen molar-refractivity contribution in [1.82, 2.24) is 20.3 Å². The first-order valence-electron chi connectivity index (χ1n) is 10.5. The summed E-state index contributed by atoms with van der Waals surface area (Å²) in [5, 5.41) is 8.11. The first kappa shape index (κ1) is 21.3. The van der Waals surface area contributed by atoms with Crippen molar-refractivity contribution >= 4 is 11.4 Å². The lowest BCUT2D eigenvalue weighted by atomic mass is 10.2. The molecule has 166 valence electrons. The lowest BCUT2D eigenvalue weighted by molar-refractivity contribution is 0.199. The number of para-hydroxylation sites is 2. The van der Waals surface area contributed by atoms with Gasteiger partial charge in [0, 0.05) is 40.2 Å². The van der Waals surface area contributed by atoms with Gasteiger partial charge in [-0.1, -0.05) is 22.4 Å². The summed E-state index contributed by atoms with van der Waals surface area (Å²) in [7, 11) is 3.32. The van der Waals surface area contributed by atoms with Gasteiger partial charge in [0.2, 0.25) is 11.8 Å². The zero-order valence-corrected chi connectivity index (χ0v) is 18.0. The molecule has 31 heavy (non-hydrogen) atoms. The Morgan fingerprint density at radius 3 is 1.74 bits per heavy atom. The third kappa shape index (κ3) is 5.39. The van der Waals surface area contributed by atoms with E-state index in [-0.39, 0.29) is 0 Å². The van der Waals surface area contributed by atoms with Crippen LogP contribution in [0.4, 0.5) is 11.4 Å². The summed E-state index contributed by atoms with van der Waals surface area (Å²) >= 11 is 0. The predicted molar refractivity (Wildman–Crippen MR) is 113 cm³/mol. The second kappa shape index (κ2) is 10.4. The van der Waals surface area contributed by atoms with Gasteiger partial charge in [-0.25, -0.2) is 0 Å². The summed E-state index contributed by atoms with van der Waals surface area (Å²) in [5.74, 6) is 2.55. The zero-order chi connectivity index (χ0) is 21.5. The van der Waals surface area contributed by atoms with Crippen molar-refractivity contribution in [3.63, 3.8) is 0 Å². The largest absolute Gasteiger partial charge is 0.384 e. The minimum atomic E-state index is 0.562. The van der Waals surface area contributed by atoms with Gasteiger partial charge in [-0.05, 0) is 18.6 Å². The van der Waals surface area contributed by atoms with E-state index in [0.717, 1.165) is 30.9 Å². The summed E-state index contributed by atoms with van der Waals surface area (Å²) in [4.78, 5) is 13.6. The summed E-state index contributed by atoms with van der Waals surface area (Å²) in [6.45, 7) is 4.03. The summed E-state index contributed by atoms with van der Waals surface area (Å²) < 4.78 is 21.1. The maximum atomic E-state index is 5.46. The van der Waals surface area contributed by atoms with Crippen molar-refractivity contribution in [2.75, 3.05) is 50.3 Å². The Labute approximate surface area is 181 Å². The number of rotatable bonds is 10. The molecule has 0 N–H and O–H groups in total. The average molecular weight is 428 g/mol. The van der Waals surface area contributed by atoms with Crippen LogP contribution in [0.1, 0.15) is 29.9 Å². The van der Waals surface area contributed by atoms with Crippen molar-refractivity contribution in [3.8, 4) is 0 Å². The second-order valence-corrected chi connectivity index (χ2v) is 7.38. The molecule has 0 atom stereocenters. The number of methoxy groups -OCH3 is 2. The molecule has 10 nitrogen and oxygen atoms in total. The van der Waals surface area contributed by atoms with Crippen molar-refractivity contribution in [3.05, 3.63) is 47.7 Å². The number of nitrogens with zero attached hydrogens (tertiary/aromatic N) is 6. The van der Waals surface area contributed by atoms with Crippen LogP contribution in [0.15, 0.2) is 33.3 Å². The van der Waals surface area contributed by atoms with Crippen LogP contribution in [0.3, 0.4) is 0 Å². The monoisotopic (exact) mass is 428 g/mol. The van der Waals surface area contributed by atoms with E-state index < -0.39 is 0 Å². The van der Waals surface area contributed by atoms with E-state index in [1.807, 2.05) is 12.1 Å². The molecule has 0 saturated carbocycles. The molecule has 0 radical (unpaired) electrons. The standard InChI is InChI=1S/C21H28N6O4/c1-28-12-8-18-22-20(30-24-18)14-26-10-5-11-27(17-7-4-3-6-16(17)26)15-21-23-19(25-31-21)9-13-29-2/h3-4,6-7H,5,8-15H2,1-2H3. The van der Waals surface area contributed by atoms with Gasteiger partial charge < -0.3 is 28.3 Å². The minimum Gasteiger partial charge on any atom is -0.384 e. The van der Waals surface area contributed by atoms with Crippen LogP contribution in [0, 0.1) is 0 Å². The quantitative estimate of drug-likeness (QED) is 0.478.